The number of hydrogen-bond donors (Lipinski definition) is 2. The van der Waals surface area contributed by atoms with Crippen molar-refractivity contribution < 1.29 is 0 Å². The van der Waals surface area contributed by atoms with E-state index in [1.54, 1.807) is 6.20 Å². The molecule has 1 saturated carbocycles. The van der Waals surface area contributed by atoms with Crippen LogP contribution in [0.5, 0.6) is 0 Å². The number of nitrogens with two attached hydrogens (primary N) is 1. The molecule has 0 bridgehead atoms. The van der Waals surface area contributed by atoms with E-state index in [9.17, 15) is 0 Å². The fourth-order valence-electron chi connectivity index (χ4n) is 1.93. The Labute approximate surface area is 94.7 Å². The zero-order chi connectivity index (χ0) is 11.4. The van der Waals surface area contributed by atoms with Gasteiger partial charge in [0.2, 0.25) is 0 Å². The Hall–Kier alpha value is -1.67. The van der Waals surface area contributed by atoms with Crippen LogP contribution in [-0.2, 0) is 0 Å². The van der Waals surface area contributed by atoms with Crippen LogP contribution in [0.1, 0.15) is 31.4 Å². The highest BCUT2D eigenvalue weighted by atomic mass is 15.0. The van der Waals surface area contributed by atoms with Crippen LogP contribution < -0.4 is 11.1 Å². The molecule has 1 heterocycles. The Morgan fingerprint density at radius 3 is 2.56 bits per heavy atom. The number of nitriles is 1. The number of nitrogens with zero attached hydrogens (tertiary/aromatic N) is 3. The minimum Gasteiger partial charge on any atom is -0.366 e. The summed E-state index contributed by atoms with van der Waals surface area (Å²) >= 11 is 0. The molecule has 1 aromatic heterocycles. The average molecular weight is 217 g/mol. The number of hydrogen-bond acceptors (Lipinski definition) is 5. The molecule has 5 heteroatoms. The minimum atomic E-state index is 0.344. The summed E-state index contributed by atoms with van der Waals surface area (Å²) in [5, 5.41) is 11.9. The van der Waals surface area contributed by atoms with Crippen molar-refractivity contribution in [2.75, 3.05) is 5.32 Å². The smallest absolute Gasteiger partial charge is 0.158 e. The second-order valence-corrected chi connectivity index (χ2v) is 4.15. The number of rotatable bonds is 2. The van der Waals surface area contributed by atoms with Crippen LogP contribution in [-0.4, -0.2) is 22.1 Å². The topological polar surface area (TPSA) is 87.6 Å². The highest BCUT2D eigenvalue weighted by Gasteiger charge is 2.18. The second-order valence-electron chi connectivity index (χ2n) is 4.15. The Balaban J connectivity index is 1.91. The van der Waals surface area contributed by atoms with Crippen molar-refractivity contribution in [3.63, 3.8) is 0 Å². The average Bonchev–Trinajstić information content (AvgIpc) is 2.33. The summed E-state index contributed by atoms with van der Waals surface area (Å²) in [5.41, 5.74) is 6.18. The van der Waals surface area contributed by atoms with Crippen LogP contribution in [0.2, 0.25) is 0 Å². The lowest BCUT2D eigenvalue weighted by Crippen LogP contribution is -2.33. The molecular weight excluding hydrogens is 202 g/mol. The maximum atomic E-state index is 8.59. The second kappa shape index (κ2) is 4.90. The number of aromatic nitrogens is 2. The molecular formula is C11H15N5. The summed E-state index contributed by atoms with van der Waals surface area (Å²) < 4.78 is 0. The molecule has 1 aliphatic rings. The Morgan fingerprint density at radius 1 is 1.25 bits per heavy atom. The van der Waals surface area contributed by atoms with E-state index in [4.69, 9.17) is 11.0 Å². The number of nitrogens with one attached hydrogen (secondary N) is 1. The van der Waals surface area contributed by atoms with Crippen molar-refractivity contribution in [3.05, 3.63) is 18.1 Å². The molecule has 0 saturated heterocycles. The SMILES string of the molecule is N#Cc1cnc(NC2CCC(N)CC2)cn1. The molecule has 0 unspecified atom stereocenters. The van der Waals surface area contributed by atoms with Gasteiger partial charge in [0.05, 0.1) is 12.4 Å². The van der Waals surface area contributed by atoms with Gasteiger partial charge < -0.3 is 11.1 Å². The first-order valence-corrected chi connectivity index (χ1v) is 5.52. The van der Waals surface area contributed by atoms with E-state index in [-0.39, 0.29) is 0 Å². The third kappa shape index (κ3) is 2.67. The summed E-state index contributed by atoms with van der Waals surface area (Å²) in [6.45, 7) is 0. The maximum absolute atomic E-state index is 8.59. The molecule has 84 valence electrons. The highest BCUT2D eigenvalue weighted by molar-refractivity contribution is 5.34. The molecule has 0 amide bonds. The van der Waals surface area contributed by atoms with E-state index >= 15 is 0 Å². The van der Waals surface area contributed by atoms with E-state index in [0.717, 1.165) is 31.5 Å². The van der Waals surface area contributed by atoms with Gasteiger partial charge in [-0.25, -0.2) is 9.97 Å². The van der Waals surface area contributed by atoms with E-state index in [1.807, 2.05) is 6.07 Å². The molecule has 0 spiro atoms. The molecule has 5 nitrogen and oxygen atoms in total. The number of anilines is 1. The van der Waals surface area contributed by atoms with Crippen LogP contribution in [0, 0.1) is 11.3 Å². The Bertz CT molecular complexity index is 372. The van der Waals surface area contributed by atoms with Crippen LogP contribution >= 0.6 is 0 Å². The Kier molecular flexibility index (Phi) is 3.32. The van der Waals surface area contributed by atoms with E-state index in [0.29, 0.717) is 17.8 Å². The van der Waals surface area contributed by atoms with Crippen molar-refractivity contribution >= 4 is 5.82 Å². The predicted octanol–water partition coefficient (Wildman–Crippen LogP) is 1.03. The molecule has 1 aromatic rings. The lowest BCUT2D eigenvalue weighted by Gasteiger charge is -2.26. The van der Waals surface area contributed by atoms with Crippen molar-refractivity contribution in [2.45, 2.75) is 37.8 Å². The molecule has 2 rings (SSSR count). The summed E-state index contributed by atoms with van der Waals surface area (Å²) in [6.07, 6.45) is 7.35. The van der Waals surface area contributed by atoms with Gasteiger partial charge in [-0.2, -0.15) is 5.26 Å². The molecule has 0 radical (unpaired) electrons. The van der Waals surface area contributed by atoms with Gasteiger partial charge in [0.25, 0.3) is 0 Å². The van der Waals surface area contributed by atoms with Crippen LogP contribution in [0.25, 0.3) is 0 Å². The third-order valence-electron chi connectivity index (χ3n) is 2.89. The van der Waals surface area contributed by atoms with Gasteiger partial charge in [0.15, 0.2) is 5.69 Å². The predicted molar refractivity (Wildman–Crippen MR) is 60.6 cm³/mol. The van der Waals surface area contributed by atoms with Crippen LogP contribution in [0.4, 0.5) is 5.82 Å². The van der Waals surface area contributed by atoms with E-state index < -0.39 is 0 Å². The van der Waals surface area contributed by atoms with Gasteiger partial charge >= 0.3 is 0 Å². The lowest BCUT2D eigenvalue weighted by atomic mass is 9.92. The van der Waals surface area contributed by atoms with Crippen molar-refractivity contribution in [1.82, 2.24) is 9.97 Å². The van der Waals surface area contributed by atoms with Gasteiger partial charge in [-0.15, -0.1) is 0 Å². The van der Waals surface area contributed by atoms with Crippen molar-refractivity contribution in [1.29, 1.82) is 5.26 Å². The standard InChI is InChI=1S/C11H15N5/c12-5-10-6-15-11(7-14-10)16-9-3-1-8(13)2-4-9/h6-9H,1-4,13H2,(H,15,16). The first kappa shape index (κ1) is 10.8. The minimum absolute atomic E-state index is 0.344. The summed E-state index contributed by atoms with van der Waals surface area (Å²) in [4.78, 5) is 8.10. The maximum Gasteiger partial charge on any atom is 0.158 e. The molecule has 16 heavy (non-hydrogen) atoms. The third-order valence-corrected chi connectivity index (χ3v) is 2.89. The monoisotopic (exact) mass is 217 g/mol. The first-order valence-electron chi connectivity index (χ1n) is 5.52. The molecule has 0 atom stereocenters. The van der Waals surface area contributed by atoms with Gasteiger partial charge in [-0.05, 0) is 25.7 Å². The lowest BCUT2D eigenvalue weighted by molar-refractivity contribution is 0.410. The largest absolute Gasteiger partial charge is 0.366 e. The zero-order valence-corrected chi connectivity index (χ0v) is 9.06. The van der Waals surface area contributed by atoms with E-state index in [1.165, 1.54) is 6.20 Å². The first-order chi connectivity index (χ1) is 7.78. The highest BCUT2D eigenvalue weighted by Crippen LogP contribution is 2.19. The molecule has 1 fully saturated rings. The normalized spacial score (nSPS) is 24.8. The summed E-state index contributed by atoms with van der Waals surface area (Å²) in [5.74, 6) is 0.736. The van der Waals surface area contributed by atoms with Gasteiger partial charge in [-0.1, -0.05) is 0 Å². The van der Waals surface area contributed by atoms with Gasteiger partial charge in [-0.3, -0.25) is 0 Å². The molecule has 0 aromatic carbocycles. The van der Waals surface area contributed by atoms with Crippen molar-refractivity contribution in [3.8, 4) is 6.07 Å². The molecule has 3 N–H and O–H groups in total. The van der Waals surface area contributed by atoms with Crippen LogP contribution in [0.3, 0.4) is 0 Å². The molecule has 0 aliphatic heterocycles. The quantitative estimate of drug-likeness (QED) is 0.772. The molecule has 1 aliphatic carbocycles. The van der Waals surface area contributed by atoms with Gasteiger partial charge in [0, 0.05) is 12.1 Å². The fourth-order valence-corrected chi connectivity index (χ4v) is 1.93. The van der Waals surface area contributed by atoms with Crippen LogP contribution in [0.15, 0.2) is 12.4 Å². The summed E-state index contributed by atoms with van der Waals surface area (Å²) in [7, 11) is 0. The fraction of sp³-hybridized carbons (Fsp3) is 0.545. The summed E-state index contributed by atoms with van der Waals surface area (Å²) in [6, 6.07) is 2.73. The van der Waals surface area contributed by atoms with Gasteiger partial charge in [0.1, 0.15) is 11.9 Å². The van der Waals surface area contributed by atoms with E-state index in [2.05, 4.69) is 15.3 Å². The zero-order valence-electron chi connectivity index (χ0n) is 9.06. The Morgan fingerprint density at radius 2 is 2.00 bits per heavy atom. The van der Waals surface area contributed by atoms with Crippen molar-refractivity contribution in [2.24, 2.45) is 5.73 Å².